The van der Waals surface area contributed by atoms with Crippen molar-refractivity contribution in [3.05, 3.63) is 52.5 Å². The third-order valence-corrected chi connectivity index (χ3v) is 3.27. The van der Waals surface area contributed by atoms with Crippen molar-refractivity contribution < 1.29 is 29.0 Å². The maximum Gasteiger partial charge on any atom is 0.528 e. The van der Waals surface area contributed by atoms with Gasteiger partial charge < -0.3 is 14.6 Å². The van der Waals surface area contributed by atoms with Crippen LogP contribution in [0.5, 0.6) is 0 Å². The molecule has 0 radical (unpaired) electrons. The number of carbonyl (C=O) groups is 3. The summed E-state index contributed by atoms with van der Waals surface area (Å²) in [5.41, 5.74) is -0.360. The molecule has 24 heavy (non-hydrogen) atoms. The van der Waals surface area contributed by atoms with Gasteiger partial charge in [-0.3, -0.25) is 14.5 Å². The molecule has 0 bridgehead atoms. The van der Waals surface area contributed by atoms with Crippen molar-refractivity contribution in [1.29, 1.82) is 5.39 Å². The fraction of sp³-hybridized carbons (Fsp3) is 0.267. The van der Waals surface area contributed by atoms with E-state index in [0.717, 1.165) is 0 Å². The van der Waals surface area contributed by atoms with Crippen LogP contribution in [0.15, 0.2) is 42.0 Å². The van der Waals surface area contributed by atoms with Crippen LogP contribution in [0, 0.1) is 5.39 Å². The predicted octanol–water partition coefficient (Wildman–Crippen LogP) is 1.26. The molecule has 2 rings (SSSR count). The second-order valence-electron chi connectivity index (χ2n) is 4.69. The van der Waals surface area contributed by atoms with Crippen molar-refractivity contribution >= 4 is 17.8 Å². The number of aliphatic hydroxyl groups is 1. The van der Waals surface area contributed by atoms with Crippen LogP contribution in [0.3, 0.4) is 0 Å². The molecule has 0 aromatic heterocycles. The molecular formula is C15H14N3O6+. The van der Waals surface area contributed by atoms with Gasteiger partial charge >= 0.3 is 29.4 Å². The monoisotopic (exact) mass is 332 g/mol. The number of amides is 2. The van der Waals surface area contributed by atoms with E-state index in [0.29, 0.717) is 10.5 Å². The lowest BCUT2D eigenvalue weighted by molar-refractivity contribution is -0.173. The first-order valence-corrected chi connectivity index (χ1v) is 7.02. The number of cyclic esters (lactones) is 1. The molecule has 0 unspecified atom stereocenters. The molecule has 1 aromatic carbocycles. The Balaban J connectivity index is 2.46. The molecule has 1 fully saturated rings. The van der Waals surface area contributed by atoms with Crippen molar-refractivity contribution in [2.75, 3.05) is 13.2 Å². The Kier molecular flexibility index (Phi) is 5.11. The van der Waals surface area contributed by atoms with Gasteiger partial charge in [-0.15, -0.1) is 0 Å². The van der Waals surface area contributed by atoms with E-state index in [4.69, 9.17) is 14.9 Å². The van der Waals surface area contributed by atoms with E-state index >= 15 is 0 Å². The van der Waals surface area contributed by atoms with Crippen molar-refractivity contribution in [2.24, 2.45) is 0 Å². The lowest BCUT2D eigenvalue weighted by Crippen LogP contribution is -2.50. The summed E-state index contributed by atoms with van der Waals surface area (Å²) in [6, 6.07) is 7.46. The third-order valence-electron chi connectivity index (χ3n) is 3.27. The van der Waals surface area contributed by atoms with Gasteiger partial charge in [0, 0.05) is 0 Å². The molecule has 1 aromatic rings. The quantitative estimate of drug-likeness (QED) is 0.289. The second-order valence-corrected chi connectivity index (χ2v) is 4.69. The number of esters is 1. The van der Waals surface area contributed by atoms with Crippen LogP contribution in [0.2, 0.25) is 0 Å². The summed E-state index contributed by atoms with van der Waals surface area (Å²) in [4.78, 5) is 39.4. The standard InChI is InChI=1S/C15H13N3O6/c1-2-23-14(21)11(17-16)12(19)18-10(8-24-15(22)13(18)20)9-6-4-3-5-7-9/h3-7,10H,2,8H2,1H3/p+1/t10-/m0/s1. The zero-order valence-corrected chi connectivity index (χ0v) is 12.7. The maximum absolute atomic E-state index is 12.5. The van der Waals surface area contributed by atoms with Crippen molar-refractivity contribution in [3.8, 4) is 0 Å². The molecule has 124 valence electrons. The minimum Gasteiger partial charge on any atom is -0.475 e. The van der Waals surface area contributed by atoms with E-state index in [-0.39, 0.29) is 13.2 Å². The van der Waals surface area contributed by atoms with Crippen LogP contribution in [-0.2, 0) is 23.9 Å². The Morgan fingerprint density at radius 1 is 1.42 bits per heavy atom. The summed E-state index contributed by atoms with van der Waals surface area (Å²) in [5, 5.41) is 18.6. The molecule has 9 nitrogen and oxygen atoms in total. The van der Waals surface area contributed by atoms with E-state index in [9.17, 15) is 19.5 Å². The van der Waals surface area contributed by atoms with E-state index in [2.05, 4.69) is 4.98 Å². The van der Waals surface area contributed by atoms with Crippen molar-refractivity contribution in [2.45, 2.75) is 13.0 Å². The molecule has 1 heterocycles. The SMILES string of the molecule is CCO/C(O)=C(\[N+]#N)C(=O)N1C(=O)C(=O)OC[C@H]1c1ccccc1. The number of nitrogens with zero attached hydrogens (tertiary/aromatic N) is 3. The van der Waals surface area contributed by atoms with Gasteiger partial charge in [-0.2, -0.15) is 0 Å². The molecule has 1 atom stereocenters. The van der Waals surface area contributed by atoms with Gasteiger partial charge in [0.1, 0.15) is 6.61 Å². The van der Waals surface area contributed by atoms with Crippen LogP contribution in [0.1, 0.15) is 18.5 Å². The number of rotatable bonds is 4. The number of morpholine rings is 1. The minimum absolute atomic E-state index is 0.00373. The van der Waals surface area contributed by atoms with Crippen molar-refractivity contribution in [1.82, 2.24) is 4.90 Å². The Hall–Kier alpha value is -3.41. The van der Waals surface area contributed by atoms with Crippen LogP contribution in [0.4, 0.5) is 0 Å². The number of aliphatic hydroxyl groups excluding tert-OH is 1. The van der Waals surface area contributed by atoms with Crippen LogP contribution < -0.4 is 0 Å². The fourth-order valence-electron chi connectivity index (χ4n) is 2.18. The van der Waals surface area contributed by atoms with Crippen molar-refractivity contribution in [3.63, 3.8) is 0 Å². The van der Waals surface area contributed by atoms with Crippen LogP contribution in [0.25, 0.3) is 4.98 Å². The molecule has 0 spiro atoms. The zero-order chi connectivity index (χ0) is 17.7. The number of benzene rings is 1. The third kappa shape index (κ3) is 3.17. The Morgan fingerprint density at radius 3 is 2.67 bits per heavy atom. The molecule has 0 saturated carbocycles. The summed E-state index contributed by atoms with van der Waals surface area (Å²) in [6.45, 7) is 1.27. The molecule has 1 saturated heterocycles. The second kappa shape index (κ2) is 7.23. The molecule has 1 N–H and O–H groups in total. The summed E-state index contributed by atoms with van der Waals surface area (Å²) >= 11 is 0. The smallest absolute Gasteiger partial charge is 0.475 e. The number of hydrogen-bond donors (Lipinski definition) is 1. The Bertz CT molecular complexity index is 737. The molecule has 9 heteroatoms. The van der Waals surface area contributed by atoms with Gasteiger partial charge in [0.05, 0.1) is 12.6 Å². The van der Waals surface area contributed by atoms with Gasteiger partial charge in [-0.1, -0.05) is 30.3 Å². The van der Waals surface area contributed by atoms with Crippen LogP contribution >= 0.6 is 0 Å². The van der Waals surface area contributed by atoms with E-state index in [1.165, 1.54) is 6.92 Å². The van der Waals surface area contributed by atoms with Crippen LogP contribution in [-0.4, -0.2) is 41.0 Å². The first-order valence-electron chi connectivity index (χ1n) is 7.02. The first-order chi connectivity index (χ1) is 11.5. The van der Waals surface area contributed by atoms with Gasteiger partial charge in [0.25, 0.3) is 0 Å². The summed E-state index contributed by atoms with van der Waals surface area (Å²) in [7, 11) is 0. The first kappa shape index (κ1) is 17.0. The van der Waals surface area contributed by atoms with Gasteiger partial charge in [-0.25, -0.2) is 4.79 Å². The highest BCUT2D eigenvalue weighted by molar-refractivity contribution is 6.36. The van der Waals surface area contributed by atoms with Gasteiger partial charge in [-0.05, 0) is 12.5 Å². The predicted molar refractivity (Wildman–Crippen MR) is 78.4 cm³/mol. The molecule has 1 aliphatic rings. The lowest BCUT2D eigenvalue weighted by Gasteiger charge is -2.31. The Labute approximate surface area is 136 Å². The average Bonchev–Trinajstić information content (AvgIpc) is 2.58. The topological polar surface area (TPSA) is 121 Å². The minimum atomic E-state index is -1.23. The average molecular weight is 332 g/mol. The number of diazo groups is 1. The zero-order valence-electron chi connectivity index (χ0n) is 12.7. The lowest BCUT2D eigenvalue weighted by atomic mass is 10.0. The highest BCUT2D eigenvalue weighted by Gasteiger charge is 2.47. The molecular weight excluding hydrogens is 318 g/mol. The number of hydrogen-bond acceptors (Lipinski definition) is 7. The highest BCUT2D eigenvalue weighted by Crippen LogP contribution is 2.27. The largest absolute Gasteiger partial charge is 0.528 e. The number of ether oxygens (including phenoxy) is 2. The summed E-state index contributed by atoms with van der Waals surface area (Å²) < 4.78 is 9.49. The number of carbonyl (C=O) groups excluding carboxylic acids is 3. The van der Waals surface area contributed by atoms with E-state index in [1.54, 1.807) is 30.3 Å². The maximum atomic E-state index is 12.5. The molecule has 2 amide bonds. The highest BCUT2D eigenvalue weighted by atomic mass is 16.6. The number of imide groups is 1. The Morgan fingerprint density at radius 2 is 2.08 bits per heavy atom. The summed E-state index contributed by atoms with van der Waals surface area (Å²) in [6.07, 6.45) is 0. The van der Waals surface area contributed by atoms with Gasteiger partial charge in [0.15, 0.2) is 4.98 Å². The van der Waals surface area contributed by atoms with E-state index < -0.39 is 35.5 Å². The summed E-state index contributed by atoms with van der Waals surface area (Å²) in [5.74, 6) is -4.59. The van der Waals surface area contributed by atoms with Gasteiger partial charge in [0.2, 0.25) is 5.39 Å². The van der Waals surface area contributed by atoms with E-state index in [1.807, 2.05) is 0 Å². The fourth-order valence-corrected chi connectivity index (χ4v) is 2.18. The molecule has 0 aliphatic carbocycles. The molecule has 1 aliphatic heterocycles. The normalized spacial score (nSPS) is 18.3.